The third-order valence-corrected chi connectivity index (χ3v) is 5.54. The van der Waals surface area contributed by atoms with E-state index in [1.165, 1.54) is 5.56 Å². The van der Waals surface area contributed by atoms with Crippen molar-refractivity contribution in [2.24, 2.45) is 0 Å². The van der Waals surface area contributed by atoms with E-state index in [0.717, 1.165) is 29.0 Å². The van der Waals surface area contributed by atoms with Crippen molar-refractivity contribution in [3.05, 3.63) is 106 Å². The van der Waals surface area contributed by atoms with Crippen molar-refractivity contribution in [3.8, 4) is 11.5 Å². The molecule has 0 saturated heterocycles. The molecule has 7 heteroatoms. The van der Waals surface area contributed by atoms with Gasteiger partial charge in [0.15, 0.2) is 6.73 Å². The molecule has 0 unspecified atom stereocenters. The van der Waals surface area contributed by atoms with Gasteiger partial charge in [0.1, 0.15) is 18.1 Å². The molecular weight excluding hydrogens is 450 g/mol. The van der Waals surface area contributed by atoms with Gasteiger partial charge >= 0.3 is 0 Å². The zero-order chi connectivity index (χ0) is 23.9. The van der Waals surface area contributed by atoms with E-state index in [1.807, 2.05) is 61.5 Å². The maximum atomic E-state index is 12.7. The molecule has 0 saturated carbocycles. The highest BCUT2D eigenvalue weighted by molar-refractivity contribution is 6.30. The van der Waals surface area contributed by atoms with Crippen molar-refractivity contribution >= 4 is 23.2 Å². The Balaban J connectivity index is 1.32. The molecule has 0 spiro atoms. The van der Waals surface area contributed by atoms with Crippen LogP contribution in [0.25, 0.3) is 0 Å². The molecule has 6 nitrogen and oxygen atoms in total. The lowest BCUT2D eigenvalue weighted by Gasteiger charge is -2.10. The number of carbonyl (C=O) groups excluding carboxylic acids is 1. The maximum Gasteiger partial charge on any atom is 0.255 e. The zero-order valence-corrected chi connectivity index (χ0v) is 19.9. The minimum Gasteiger partial charge on any atom is -0.489 e. The van der Waals surface area contributed by atoms with Crippen molar-refractivity contribution in [3.63, 3.8) is 0 Å². The number of ether oxygens (including phenoxy) is 2. The van der Waals surface area contributed by atoms with Crippen LogP contribution in [0, 0.1) is 6.92 Å². The number of anilines is 1. The second-order valence-corrected chi connectivity index (χ2v) is 8.33. The molecule has 1 heterocycles. The van der Waals surface area contributed by atoms with Crippen molar-refractivity contribution in [1.29, 1.82) is 0 Å². The number of amides is 1. The first-order chi connectivity index (χ1) is 16.5. The fraction of sp³-hybridized carbons (Fsp3) is 0.185. The number of aromatic nitrogens is 2. The smallest absolute Gasteiger partial charge is 0.255 e. The average molecular weight is 476 g/mol. The van der Waals surface area contributed by atoms with Gasteiger partial charge in [0.2, 0.25) is 0 Å². The van der Waals surface area contributed by atoms with Crippen LogP contribution in [-0.2, 0) is 19.8 Å². The summed E-state index contributed by atoms with van der Waals surface area (Å²) >= 11 is 6.00. The molecule has 4 aromatic rings. The maximum absolute atomic E-state index is 12.7. The van der Waals surface area contributed by atoms with Crippen molar-refractivity contribution < 1.29 is 14.3 Å². The zero-order valence-electron chi connectivity index (χ0n) is 19.1. The Kier molecular flexibility index (Phi) is 7.50. The van der Waals surface area contributed by atoms with E-state index in [2.05, 4.69) is 17.3 Å². The first-order valence-electron chi connectivity index (χ1n) is 11.0. The number of halogens is 1. The minimum atomic E-state index is -0.222. The highest BCUT2D eigenvalue weighted by Crippen LogP contribution is 2.23. The number of benzene rings is 3. The number of aryl methyl sites for hydroxylation is 2. The summed E-state index contributed by atoms with van der Waals surface area (Å²) in [6, 6.07) is 20.8. The van der Waals surface area contributed by atoms with Gasteiger partial charge in [-0.15, -0.1) is 0 Å². The highest BCUT2D eigenvalue weighted by Gasteiger charge is 2.10. The Morgan fingerprint density at radius 2 is 1.85 bits per heavy atom. The van der Waals surface area contributed by atoms with E-state index >= 15 is 0 Å². The first-order valence-corrected chi connectivity index (χ1v) is 11.4. The molecule has 0 fully saturated rings. The number of rotatable bonds is 9. The summed E-state index contributed by atoms with van der Waals surface area (Å²) in [5.74, 6) is 1.31. The van der Waals surface area contributed by atoms with Gasteiger partial charge in [-0.1, -0.05) is 42.8 Å². The number of hydrogen-bond donors (Lipinski definition) is 1. The summed E-state index contributed by atoms with van der Waals surface area (Å²) in [6.45, 7) is 4.65. The van der Waals surface area contributed by atoms with E-state index in [-0.39, 0.29) is 12.6 Å². The minimum absolute atomic E-state index is 0.222. The number of nitrogens with one attached hydrogen (secondary N) is 1. The van der Waals surface area contributed by atoms with Crippen LogP contribution >= 0.6 is 11.6 Å². The molecule has 1 amide bonds. The lowest BCUT2D eigenvalue weighted by molar-refractivity contribution is 0.102. The first kappa shape index (κ1) is 23.4. The average Bonchev–Trinajstić information content (AvgIpc) is 3.30. The summed E-state index contributed by atoms with van der Waals surface area (Å²) in [4.78, 5) is 12.7. The molecular formula is C27H26ClN3O3. The SMILES string of the molecule is CCc1ccc(OCn2cc(NC(=O)c3cccc(COc4ccc(Cl)cc4C)c3)cn2)cc1. The van der Waals surface area contributed by atoms with Crippen LogP contribution in [0.2, 0.25) is 5.02 Å². The van der Waals surface area contributed by atoms with Crippen molar-refractivity contribution in [2.45, 2.75) is 33.6 Å². The van der Waals surface area contributed by atoms with Gasteiger partial charge in [-0.2, -0.15) is 5.10 Å². The predicted molar refractivity (Wildman–Crippen MR) is 134 cm³/mol. The van der Waals surface area contributed by atoms with Gasteiger partial charge in [-0.05, 0) is 72.5 Å². The molecule has 0 aliphatic carbocycles. The van der Waals surface area contributed by atoms with Crippen LogP contribution in [0.3, 0.4) is 0 Å². The molecule has 4 rings (SSSR count). The summed E-state index contributed by atoms with van der Waals surface area (Å²) in [7, 11) is 0. The molecule has 34 heavy (non-hydrogen) atoms. The van der Waals surface area contributed by atoms with Crippen LogP contribution in [-0.4, -0.2) is 15.7 Å². The Hall–Kier alpha value is -3.77. The van der Waals surface area contributed by atoms with Crippen LogP contribution in [0.4, 0.5) is 5.69 Å². The predicted octanol–water partition coefficient (Wildman–Crippen LogP) is 6.28. The van der Waals surface area contributed by atoms with Crippen LogP contribution in [0.1, 0.15) is 34.0 Å². The van der Waals surface area contributed by atoms with Gasteiger partial charge in [0, 0.05) is 10.6 Å². The Morgan fingerprint density at radius 1 is 1.03 bits per heavy atom. The van der Waals surface area contributed by atoms with E-state index in [0.29, 0.717) is 22.9 Å². The summed E-state index contributed by atoms with van der Waals surface area (Å²) in [5, 5.41) is 7.80. The standard InChI is InChI=1S/C27H26ClN3O3/c1-3-20-7-10-25(11-8-20)34-18-31-16-24(15-29-31)30-27(32)22-6-4-5-21(14-22)17-33-26-12-9-23(28)13-19(26)2/h4-16H,3,17-18H2,1-2H3,(H,30,32). The third-order valence-electron chi connectivity index (χ3n) is 5.31. The quantitative estimate of drug-likeness (QED) is 0.309. The van der Waals surface area contributed by atoms with Crippen molar-refractivity contribution in [2.75, 3.05) is 5.32 Å². The summed E-state index contributed by atoms with van der Waals surface area (Å²) in [6.07, 6.45) is 4.31. The van der Waals surface area contributed by atoms with Crippen LogP contribution in [0.15, 0.2) is 79.1 Å². The van der Waals surface area contributed by atoms with E-state index in [9.17, 15) is 4.79 Å². The summed E-state index contributed by atoms with van der Waals surface area (Å²) in [5.41, 5.74) is 4.23. The van der Waals surface area contributed by atoms with Crippen LogP contribution < -0.4 is 14.8 Å². The molecule has 0 aliphatic rings. The second-order valence-electron chi connectivity index (χ2n) is 7.89. The van der Waals surface area contributed by atoms with Gasteiger partial charge < -0.3 is 14.8 Å². The lowest BCUT2D eigenvalue weighted by atomic mass is 10.1. The molecule has 0 radical (unpaired) electrons. The summed E-state index contributed by atoms with van der Waals surface area (Å²) < 4.78 is 13.3. The van der Waals surface area contributed by atoms with E-state index < -0.39 is 0 Å². The monoisotopic (exact) mass is 475 g/mol. The van der Waals surface area contributed by atoms with Gasteiger partial charge in [0.05, 0.1) is 18.1 Å². The normalized spacial score (nSPS) is 10.7. The molecule has 1 aromatic heterocycles. The lowest BCUT2D eigenvalue weighted by Crippen LogP contribution is -2.12. The van der Waals surface area contributed by atoms with Gasteiger partial charge in [-0.3, -0.25) is 4.79 Å². The topological polar surface area (TPSA) is 65.4 Å². The number of carbonyl (C=O) groups is 1. The fourth-order valence-electron chi connectivity index (χ4n) is 3.40. The third kappa shape index (κ3) is 6.17. The fourth-order valence-corrected chi connectivity index (χ4v) is 3.63. The largest absolute Gasteiger partial charge is 0.489 e. The molecule has 174 valence electrons. The molecule has 3 aromatic carbocycles. The Morgan fingerprint density at radius 3 is 2.62 bits per heavy atom. The number of nitrogens with zero attached hydrogens (tertiary/aromatic N) is 2. The van der Waals surface area contributed by atoms with E-state index in [4.69, 9.17) is 21.1 Å². The Bertz CT molecular complexity index is 1270. The van der Waals surface area contributed by atoms with E-state index in [1.54, 1.807) is 29.2 Å². The van der Waals surface area contributed by atoms with Crippen LogP contribution in [0.5, 0.6) is 11.5 Å². The second kappa shape index (κ2) is 10.9. The molecule has 0 aliphatic heterocycles. The molecule has 0 bridgehead atoms. The van der Waals surface area contributed by atoms with Gasteiger partial charge in [-0.25, -0.2) is 4.68 Å². The Labute approximate surface area is 204 Å². The van der Waals surface area contributed by atoms with Gasteiger partial charge in [0.25, 0.3) is 5.91 Å². The number of hydrogen-bond acceptors (Lipinski definition) is 4. The van der Waals surface area contributed by atoms with Crippen molar-refractivity contribution in [1.82, 2.24) is 9.78 Å². The molecule has 0 atom stereocenters. The highest BCUT2D eigenvalue weighted by atomic mass is 35.5. The molecule has 1 N–H and O–H groups in total.